The highest BCUT2D eigenvalue weighted by Crippen LogP contribution is 2.15. The summed E-state index contributed by atoms with van der Waals surface area (Å²) in [5, 5.41) is 3.31. The Morgan fingerprint density at radius 3 is 2.86 bits per heavy atom. The number of nitrogens with one attached hydrogen (secondary N) is 1. The van der Waals surface area contributed by atoms with Crippen LogP contribution in [0.4, 0.5) is 0 Å². The minimum atomic E-state index is 0.0144. The number of carbonyl (C=O) groups is 2. The minimum Gasteiger partial charge on any atom is -0.335 e. The van der Waals surface area contributed by atoms with E-state index in [1.54, 1.807) is 4.90 Å². The van der Waals surface area contributed by atoms with Crippen LogP contribution in [0.5, 0.6) is 0 Å². The summed E-state index contributed by atoms with van der Waals surface area (Å²) >= 11 is 0. The molecule has 0 aromatic heterocycles. The van der Waals surface area contributed by atoms with Gasteiger partial charge in [0.25, 0.3) is 0 Å². The standard InChI is InChI=1S/C10H16N2O2/c13-9-4-10(14)12(7-9)6-8-2-1-3-11-5-8/h8,11H,1-7H2. The second-order valence-electron chi connectivity index (χ2n) is 4.20. The Bertz CT molecular complexity index is 247. The Hall–Kier alpha value is -0.900. The second-order valence-corrected chi connectivity index (χ2v) is 4.20. The zero-order valence-corrected chi connectivity index (χ0v) is 8.29. The number of ketones is 1. The fourth-order valence-electron chi connectivity index (χ4n) is 2.20. The fraction of sp³-hybridized carbons (Fsp3) is 0.800. The molecule has 4 heteroatoms. The van der Waals surface area contributed by atoms with Crippen LogP contribution in [0.1, 0.15) is 19.3 Å². The van der Waals surface area contributed by atoms with Crippen LogP contribution >= 0.6 is 0 Å². The number of hydrogen-bond donors (Lipinski definition) is 1. The monoisotopic (exact) mass is 196 g/mol. The summed E-state index contributed by atoms with van der Waals surface area (Å²) in [6.45, 7) is 3.17. The lowest BCUT2D eigenvalue weighted by Gasteiger charge is -2.26. The lowest BCUT2D eigenvalue weighted by Crippen LogP contribution is -2.39. The maximum atomic E-state index is 11.3. The average Bonchev–Trinajstić information content (AvgIpc) is 2.47. The molecule has 0 aliphatic carbocycles. The molecule has 0 spiro atoms. The molecule has 1 unspecified atom stereocenters. The largest absolute Gasteiger partial charge is 0.335 e. The molecule has 1 amide bonds. The highest BCUT2D eigenvalue weighted by Gasteiger charge is 2.29. The summed E-state index contributed by atoms with van der Waals surface area (Å²) < 4.78 is 0. The molecule has 1 atom stereocenters. The van der Waals surface area contributed by atoms with E-state index in [1.807, 2.05) is 0 Å². The van der Waals surface area contributed by atoms with Gasteiger partial charge in [0.15, 0.2) is 5.78 Å². The van der Waals surface area contributed by atoms with Gasteiger partial charge >= 0.3 is 0 Å². The van der Waals surface area contributed by atoms with Gasteiger partial charge in [-0.3, -0.25) is 9.59 Å². The predicted molar refractivity (Wildman–Crippen MR) is 51.8 cm³/mol. The van der Waals surface area contributed by atoms with Crippen molar-refractivity contribution in [2.24, 2.45) is 5.92 Å². The van der Waals surface area contributed by atoms with E-state index < -0.39 is 0 Å². The van der Waals surface area contributed by atoms with E-state index in [0.29, 0.717) is 12.5 Å². The number of Topliss-reactive ketones (excluding diaryl/α,β-unsaturated/α-hetero) is 1. The number of nitrogens with zero attached hydrogens (tertiary/aromatic N) is 1. The van der Waals surface area contributed by atoms with Crippen LogP contribution in [-0.4, -0.2) is 42.8 Å². The molecule has 2 aliphatic heterocycles. The Balaban J connectivity index is 1.84. The zero-order chi connectivity index (χ0) is 9.97. The predicted octanol–water partition coefficient (Wildman–Crippen LogP) is -0.213. The summed E-state index contributed by atoms with van der Waals surface area (Å²) in [5.74, 6) is 0.623. The summed E-state index contributed by atoms with van der Waals surface area (Å²) in [6, 6.07) is 0. The normalized spacial score (nSPS) is 28.6. The van der Waals surface area contributed by atoms with E-state index >= 15 is 0 Å². The molecule has 4 nitrogen and oxygen atoms in total. The summed E-state index contributed by atoms with van der Waals surface area (Å²) in [6.07, 6.45) is 2.48. The Kier molecular flexibility index (Phi) is 2.82. The van der Waals surface area contributed by atoms with E-state index in [2.05, 4.69) is 5.32 Å². The average molecular weight is 196 g/mol. The Morgan fingerprint density at radius 1 is 1.43 bits per heavy atom. The van der Waals surface area contributed by atoms with Gasteiger partial charge in [-0.15, -0.1) is 0 Å². The van der Waals surface area contributed by atoms with Gasteiger partial charge in [-0.1, -0.05) is 0 Å². The molecule has 2 saturated heterocycles. The van der Waals surface area contributed by atoms with E-state index in [0.717, 1.165) is 19.6 Å². The minimum absolute atomic E-state index is 0.0144. The first-order valence-electron chi connectivity index (χ1n) is 5.26. The summed E-state index contributed by atoms with van der Waals surface area (Å²) in [5.41, 5.74) is 0. The first kappa shape index (κ1) is 9.65. The second kappa shape index (κ2) is 4.09. The van der Waals surface area contributed by atoms with E-state index in [1.165, 1.54) is 12.8 Å². The first-order valence-corrected chi connectivity index (χ1v) is 5.26. The van der Waals surface area contributed by atoms with E-state index in [9.17, 15) is 9.59 Å². The fourth-order valence-corrected chi connectivity index (χ4v) is 2.20. The topological polar surface area (TPSA) is 49.4 Å². The van der Waals surface area contributed by atoms with Crippen LogP contribution in [0, 0.1) is 5.92 Å². The van der Waals surface area contributed by atoms with Crippen molar-refractivity contribution in [3.63, 3.8) is 0 Å². The van der Waals surface area contributed by atoms with Crippen LogP contribution in [0.15, 0.2) is 0 Å². The lowest BCUT2D eigenvalue weighted by molar-refractivity contribution is -0.128. The van der Waals surface area contributed by atoms with Gasteiger partial charge in [-0.25, -0.2) is 0 Å². The molecule has 0 saturated carbocycles. The molecule has 0 bridgehead atoms. The summed E-state index contributed by atoms with van der Waals surface area (Å²) in [4.78, 5) is 24.1. The Labute approximate surface area is 83.6 Å². The third-order valence-electron chi connectivity index (χ3n) is 2.95. The highest BCUT2D eigenvalue weighted by molar-refractivity contribution is 6.05. The SMILES string of the molecule is O=C1CC(=O)N(CC2CCCNC2)C1. The van der Waals surface area contributed by atoms with Gasteiger partial charge in [-0.05, 0) is 31.8 Å². The van der Waals surface area contributed by atoms with Gasteiger partial charge in [-0.2, -0.15) is 0 Å². The number of piperidine rings is 1. The van der Waals surface area contributed by atoms with Crippen LogP contribution in [0.3, 0.4) is 0 Å². The van der Waals surface area contributed by atoms with E-state index in [4.69, 9.17) is 0 Å². The van der Waals surface area contributed by atoms with Crippen molar-refractivity contribution in [1.82, 2.24) is 10.2 Å². The number of carbonyl (C=O) groups excluding carboxylic acids is 2. The van der Waals surface area contributed by atoms with Crippen LogP contribution in [0.25, 0.3) is 0 Å². The van der Waals surface area contributed by atoms with Crippen molar-refractivity contribution < 1.29 is 9.59 Å². The molecule has 78 valence electrons. The lowest BCUT2D eigenvalue weighted by atomic mass is 9.99. The van der Waals surface area contributed by atoms with Crippen molar-refractivity contribution in [2.75, 3.05) is 26.2 Å². The number of hydrogen-bond acceptors (Lipinski definition) is 3. The van der Waals surface area contributed by atoms with E-state index in [-0.39, 0.29) is 18.1 Å². The van der Waals surface area contributed by atoms with Gasteiger partial charge in [0.05, 0.1) is 13.0 Å². The molecule has 2 fully saturated rings. The van der Waals surface area contributed by atoms with Crippen molar-refractivity contribution in [2.45, 2.75) is 19.3 Å². The maximum Gasteiger partial charge on any atom is 0.230 e. The molecule has 0 aromatic rings. The van der Waals surface area contributed by atoms with Crippen LogP contribution < -0.4 is 5.32 Å². The highest BCUT2D eigenvalue weighted by atomic mass is 16.2. The molecule has 0 aromatic carbocycles. The summed E-state index contributed by atoms with van der Waals surface area (Å²) in [7, 11) is 0. The maximum absolute atomic E-state index is 11.3. The number of rotatable bonds is 2. The molecule has 2 aliphatic rings. The van der Waals surface area contributed by atoms with Gasteiger partial charge in [0, 0.05) is 6.54 Å². The number of amides is 1. The number of likely N-dealkylation sites (tertiary alicyclic amines) is 1. The Morgan fingerprint density at radius 2 is 2.29 bits per heavy atom. The van der Waals surface area contributed by atoms with Crippen molar-refractivity contribution >= 4 is 11.7 Å². The third kappa shape index (κ3) is 2.12. The molecule has 0 radical (unpaired) electrons. The first-order chi connectivity index (χ1) is 6.75. The van der Waals surface area contributed by atoms with Crippen molar-refractivity contribution in [3.8, 4) is 0 Å². The van der Waals surface area contributed by atoms with Crippen LogP contribution in [-0.2, 0) is 9.59 Å². The van der Waals surface area contributed by atoms with Crippen LogP contribution in [0.2, 0.25) is 0 Å². The van der Waals surface area contributed by atoms with Gasteiger partial charge in [0.2, 0.25) is 5.91 Å². The molecule has 14 heavy (non-hydrogen) atoms. The third-order valence-corrected chi connectivity index (χ3v) is 2.95. The van der Waals surface area contributed by atoms with Gasteiger partial charge < -0.3 is 10.2 Å². The van der Waals surface area contributed by atoms with Crippen molar-refractivity contribution in [3.05, 3.63) is 0 Å². The van der Waals surface area contributed by atoms with Gasteiger partial charge in [0.1, 0.15) is 0 Å². The zero-order valence-electron chi connectivity index (χ0n) is 8.29. The molecular weight excluding hydrogens is 180 g/mol. The molecular formula is C10H16N2O2. The quantitative estimate of drug-likeness (QED) is 0.622. The smallest absolute Gasteiger partial charge is 0.230 e. The van der Waals surface area contributed by atoms with Crippen molar-refractivity contribution in [1.29, 1.82) is 0 Å². The molecule has 1 N–H and O–H groups in total. The molecule has 2 heterocycles. The molecule has 2 rings (SSSR count).